The summed E-state index contributed by atoms with van der Waals surface area (Å²) in [7, 11) is 0. The molecule has 6 nitrogen and oxygen atoms in total. The second-order valence-corrected chi connectivity index (χ2v) is 5.23. The van der Waals surface area contributed by atoms with E-state index in [2.05, 4.69) is 5.16 Å². The van der Waals surface area contributed by atoms with Crippen molar-refractivity contribution in [3.63, 3.8) is 0 Å². The summed E-state index contributed by atoms with van der Waals surface area (Å²) >= 11 is 0. The Morgan fingerprint density at radius 2 is 2.10 bits per heavy atom. The fourth-order valence-electron chi connectivity index (χ4n) is 2.01. The second-order valence-electron chi connectivity index (χ2n) is 5.23. The number of aromatic nitrogens is 2. The third kappa shape index (κ3) is 3.80. The molecule has 0 saturated carbocycles. The molecular formula is C15H20N2O4. The van der Waals surface area contributed by atoms with Gasteiger partial charge < -0.3 is 9.84 Å². The molecule has 0 amide bonds. The number of hydrogen-bond donors (Lipinski definition) is 1. The Kier molecular flexibility index (Phi) is 4.93. The van der Waals surface area contributed by atoms with Gasteiger partial charge in [-0.15, -0.1) is 0 Å². The van der Waals surface area contributed by atoms with Gasteiger partial charge in [0.2, 0.25) is 0 Å². The molecule has 1 atom stereocenters. The largest absolute Gasteiger partial charge is 0.441 e. The topological polar surface area (TPSA) is 77.5 Å². The average Bonchev–Trinajstić information content (AvgIpc) is 2.79. The minimum Gasteiger partial charge on any atom is -0.389 e. The van der Waals surface area contributed by atoms with Crippen LogP contribution in [0.15, 0.2) is 33.6 Å². The SMILES string of the molecule is Cc1ccccc1-c1noc(=O)n1C[C@@H](O)COC(C)C. The lowest BCUT2D eigenvalue weighted by molar-refractivity contribution is -0.00119. The lowest BCUT2D eigenvalue weighted by Gasteiger charge is -2.14. The Hall–Kier alpha value is -1.92. The monoisotopic (exact) mass is 292 g/mol. The van der Waals surface area contributed by atoms with Crippen LogP contribution in [0.25, 0.3) is 11.4 Å². The van der Waals surface area contributed by atoms with Crippen LogP contribution in [0.5, 0.6) is 0 Å². The quantitative estimate of drug-likeness (QED) is 0.875. The van der Waals surface area contributed by atoms with Gasteiger partial charge in [0.05, 0.1) is 25.4 Å². The molecule has 114 valence electrons. The zero-order valence-corrected chi connectivity index (χ0v) is 12.4. The first-order valence-corrected chi connectivity index (χ1v) is 6.91. The Morgan fingerprint density at radius 3 is 2.76 bits per heavy atom. The fourth-order valence-corrected chi connectivity index (χ4v) is 2.01. The van der Waals surface area contributed by atoms with Crippen molar-refractivity contribution < 1.29 is 14.4 Å². The Bertz CT molecular complexity index is 645. The molecule has 1 aromatic carbocycles. The molecule has 0 bridgehead atoms. The summed E-state index contributed by atoms with van der Waals surface area (Å²) in [5.74, 6) is -0.168. The van der Waals surface area contributed by atoms with Crippen LogP contribution in [0.3, 0.4) is 0 Å². The summed E-state index contributed by atoms with van der Waals surface area (Å²) in [6.07, 6.45) is -0.776. The van der Waals surface area contributed by atoms with Crippen LogP contribution in [-0.4, -0.2) is 33.6 Å². The Balaban J connectivity index is 2.23. The number of benzene rings is 1. The van der Waals surface area contributed by atoms with Gasteiger partial charge >= 0.3 is 5.76 Å². The standard InChI is InChI=1S/C15H20N2O4/c1-10(2)20-9-12(18)8-17-14(16-21-15(17)19)13-7-5-4-6-11(13)3/h4-7,10,12,18H,8-9H2,1-3H3/t12-/m1/s1. The van der Waals surface area contributed by atoms with E-state index in [4.69, 9.17) is 9.26 Å². The van der Waals surface area contributed by atoms with E-state index in [1.807, 2.05) is 45.0 Å². The molecule has 0 fully saturated rings. The third-order valence-electron chi connectivity index (χ3n) is 3.09. The molecule has 0 spiro atoms. The number of ether oxygens (including phenoxy) is 1. The van der Waals surface area contributed by atoms with Crippen LogP contribution in [0.4, 0.5) is 0 Å². The summed E-state index contributed by atoms with van der Waals surface area (Å²) in [4.78, 5) is 11.8. The molecule has 0 aliphatic heterocycles. The molecule has 1 aromatic heterocycles. The van der Waals surface area contributed by atoms with Crippen LogP contribution in [0, 0.1) is 6.92 Å². The van der Waals surface area contributed by atoms with E-state index in [1.165, 1.54) is 4.57 Å². The van der Waals surface area contributed by atoms with Gasteiger partial charge in [-0.05, 0) is 26.3 Å². The van der Waals surface area contributed by atoms with E-state index < -0.39 is 11.9 Å². The minimum atomic E-state index is -0.799. The Labute approximate surface area is 123 Å². The zero-order chi connectivity index (χ0) is 15.4. The summed E-state index contributed by atoms with van der Waals surface area (Å²) in [5.41, 5.74) is 1.78. The van der Waals surface area contributed by atoms with Crippen LogP contribution in [-0.2, 0) is 11.3 Å². The van der Waals surface area contributed by atoms with E-state index in [-0.39, 0.29) is 19.3 Å². The highest BCUT2D eigenvalue weighted by Crippen LogP contribution is 2.20. The molecule has 0 saturated heterocycles. The van der Waals surface area contributed by atoms with Crippen LogP contribution in [0.2, 0.25) is 0 Å². The van der Waals surface area contributed by atoms with Crippen molar-refractivity contribution in [1.29, 1.82) is 0 Å². The normalized spacial score (nSPS) is 12.8. The maximum atomic E-state index is 11.8. The maximum Gasteiger partial charge on any atom is 0.441 e. The molecule has 2 rings (SSSR count). The number of aliphatic hydroxyl groups excluding tert-OH is 1. The third-order valence-corrected chi connectivity index (χ3v) is 3.09. The molecule has 2 aromatic rings. The molecular weight excluding hydrogens is 272 g/mol. The first kappa shape index (κ1) is 15.5. The smallest absolute Gasteiger partial charge is 0.389 e. The van der Waals surface area contributed by atoms with Gasteiger partial charge in [-0.2, -0.15) is 0 Å². The zero-order valence-electron chi connectivity index (χ0n) is 12.4. The number of hydrogen-bond acceptors (Lipinski definition) is 5. The molecule has 0 radical (unpaired) electrons. The second kappa shape index (κ2) is 6.69. The van der Waals surface area contributed by atoms with Gasteiger partial charge in [0.1, 0.15) is 0 Å². The van der Waals surface area contributed by atoms with E-state index in [1.54, 1.807) is 0 Å². The minimum absolute atomic E-state index is 0.0229. The van der Waals surface area contributed by atoms with Crippen molar-refractivity contribution in [2.75, 3.05) is 6.61 Å². The highest BCUT2D eigenvalue weighted by molar-refractivity contribution is 5.59. The highest BCUT2D eigenvalue weighted by Gasteiger charge is 2.17. The summed E-state index contributed by atoms with van der Waals surface area (Å²) in [6, 6.07) is 7.56. The molecule has 1 heterocycles. The van der Waals surface area contributed by atoms with Crippen molar-refractivity contribution >= 4 is 0 Å². The number of aliphatic hydroxyl groups is 1. The van der Waals surface area contributed by atoms with Gasteiger partial charge in [-0.1, -0.05) is 29.4 Å². The first-order chi connectivity index (χ1) is 9.99. The molecule has 0 aliphatic rings. The van der Waals surface area contributed by atoms with Gasteiger partial charge in [-0.3, -0.25) is 9.09 Å². The van der Waals surface area contributed by atoms with E-state index in [0.29, 0.717) is 5.82 Å². The van der Waals surface area contributed by atoms with Crippen LogP contribution in [0.1, 0.15) is 19.4 Å². The molecule has 0 aliphatic carbocycles. The van der Waals surface area contributed by atoms with Crippen molar-refractivity contribution in [3.05, 3.63) is 40.4 Å². The number of aryl methyl sites for hydroxylation is 1. The van der Waals surface area contributed by atoms with Crippen molar-refractivity contribution in [2.24, 2.45) is 0 Å². The van der Waals surface area contributed by atoms with E-state index in [0.717, 1.165) is 11.1 Å². The van der Waals surface area contributed by atoms with Gasteiger partial charge in [0.25, 0.3) is 0 Å². The maximum absolute atomic E-state index is 11.8. The number of rotatable bonds is 6. The van der Waals surface area contributed by atoms with Crippen LogP contribution < -0.4 is 5.76 Å². The summed E-state index contributed by atoms with van der Waals surface area (Å²) in [5, 5.41) is 13.8. The van der Waals surface area contributed by atoms with Gasteiger partial charge in [-0.25, -0.2) is 4.79 Å². The van der Waals surface area contributed by atoms with E-state index in [9.17, 15) is 9.90 Å². The first-order valence-electron chi connectivity index (χ1n) is 6.91. The fraction of sp³-hybridized carbons (Fsp3) is 0.467. The average molecular weight is 292 g/mol. The van der Waals surface area contributed by atoms with E-state index >= 15 is 0 Å². The van der Waals surface area contributed by atoms with Crippen LogP contribution >= 0.6 is 0 Å². The molecule has 1 N–H and O–H groups in total. The molecule has 6 heteroatoms. The van der Waals surface area contributed by atoms with Gasteiger partial charge in [0.15, 0.2) is 5.82 Å². The highest BCUT2D eigenvalue weighted by atomic mass is 16.5. The predicted octanol–water partition coefficient (Wildman–Crippen LogP) is 1.60. The summed E-state index contributed by atoms with van der Waals surface area (Å²) < 4.78 is 11.4. The lowest BCUT2D eigenvalue weighted by atomic mass is 10.1. The number of nitrogens with zero attached hydrogens (tertiary/aromatic N) is 2. The Morgan fingerprint density at radius 1 is 1.38 bits per heavy atom. The molecule has 21 heavy (non-hydrogen) atoms. The van der Waals surface area contributed by atoms with Crippen molar-refractivity contribution in [2.45, 2.75) is 39.5 Å². The van der Waals surface area contributed by atoms with Gasteiger partial charge in [0, 0.05) is 5.56 Å². The van der Waals surface area contributed by atoms with Crippen molar-refractivity contribution in [3.8, 4) is 11.4 Å². The molecule has 0 unspecified atom stereocenters. The van der Waals surface area contributed by atoms with Crippen molar-refractivity contribution in [1.82, 2.24) is 9.72 Å². The predicted molar refractivity (Wildman–Crippen MR) is 78.0 cm³/mol. The lowest BCUT2D eigenvalue weighted by Crippen LogP contribution is -2.28. The summed E-state index contributed by atoms with van der Waals surface area (Å²) in [6.45, 7) is 5.94.